The van der Waals surface area contributed by atoms with Crippen molar-refractivity contribution in [1.29, 1.82) is 0 Å². The molecule has 5 nitrogen and oxygen atoms in total. The van der Waals surface area contributed by atoms with Gasteiger partial charge in [0, 0.05) is 11.3 Å². The number of esters is 1. The Bertz CT molecular complexity index is 647. The summed E-state index contributed by atoms with van der Waals surface area (Å²) in [5.74, 6) is -0.0236. The SMILES string of the molecule is COC(=O)C1C(=C(C)CC2=CC=CCC2=S)OC2CC(=O)N21. The molecule has 0 aromatic heterocycles. The van der Waals surface area contributed by atoms with Crippen molar-refractivity contribution < 1.29 is 19.1 Å². The summed E-state index contributed by atoms with van der Waals surface area (Å²) >= 11 is 5.36. The van der Waals surface area contributed by atoms with Crippen LogP contribution in [0.1, 0.15) is 26.2 Å². The molecule has 2 aliphatic heterocycles. The number of ether oxygens (including phenoxy) is 2. The Labute approximate surface area is 134 Å². The van der Waals surface area contributed by atoms with E-state index in [1.54, 1.807) is 0 Å². The Morgan fingerprint density at radius 2 is 2.32 bits per heavy atom. The van der Waals surface area contributed by atoms with Crippen LogP contribution in [0.2, 0.25) is 0 Å². The lowest BCUT2D eigenvalue weighted by atomic mass is 9.96. The normalized spacial score (nSPS) is 28.6. The van der Waals surface area contributed by atoms with Crippen molar-refractivity contribution in [2.45, 2.75) is 38.5 Å². The van der Waals surface area contributed by atoms with Crippen LogP contribution in [0, 0.1) is 0 Å². The average molecular weight is 319 g/mol. The lowest BCUT2D eigenvalue weighted by Gasteiger charge is -2.33. The quantitative estimate of drug-likeness (QED) is 0.453. The minimum absolute atomic E-state index is 0.0847. The molecule has 3 rings (SSSR count). The van der Waals surface area contributed by atoms with E-state index in [1.165, 1.54) is 12.0 Å². The molecule has 3 aliphatic rings. The van der Waals surface area contributed by atoms with E-state index in [0.717, 1.165) is 22.4 Å². The monoisotopic (exact) mass is 319 g/mol. The molecular weight excluding hydrogens is 302 g/mol. The second kappa shape index (κ2) is 5.68. The average Bonchev–Trinajstić information content (AvgIpc) is 2.81. The molecule has 1 amide bonds. The van der Waals surface area contributed by atoms with E-state index < -0.39 is 12.0 Å². The molecular formula is C16H17NO4S. The highest BCUT2D eigenvalue weighted by atomic mass is 32.1. The van der Waals surface area contributed by atoms with Gasteiger partial charge in [-0.1, -0.05) is 30.4 Å². The van der Waals surface area contributed by atoms with Crippen molar-refractivity contribution in [3.8, 4) is 0 Å². The maximum atomic E-state index is 12.0. The molecule has 6 heteroatoms. The number of carbonyl (C=O) groups is 2. The highest BCUT2D eigenvalue weighted by Crippen LogP contribution is 2.39. The third-order valence-electron chi connectivity index (χ3n) is 4.13. The zero-order valence-electron chi connectivity index (χ0n) is 12.5. The molecule has 2 unspecified atom stereocenters. The lowest BCUT2D eigenvalue weighted by Crippen LogP contribution is -2.55. The molecule has 2 saturated heterocycles. The van der Waals surface area contributed by atoms with Crippen LogP contribution in [0.15, 0.2) is 35.1 Å². The molecule has 0 spiro atoms. The number of fused-ring (bicyclic) bond motifs is 1. The summed E-state index contributed by atoms with van der Waals surface area (Å²) in [4.78, 5) is 26.1. The van der Waals surface area contributed by atoms with Gasteiger partial charge in [-0.3, -0.25) is 9.69 Å². The summed E-state index contributed by atoms with van der Waals surface area (Å²) in [7, 11) is 1.32. The van der Waals surface area contributed by atoms with E-state index in [1.807, 2.05) is 25.2 Å². The van der Waals surface area contributed by atoms with Crippen molar-refractivity contribution in [3.63, 3.8) is 0 Å². The van der Waals surface area contributed by atoms with Gasteiger partial charge in [0.1, 0.15) is 5.76 Å². The summed E-state index contributed by atoms with van der Waals surface area (Å²) in [6, 6.07) is -0.760. The molecule has 2 fully saturated rings. The van der Waals surface area contributed by atoms with E-state index >= 15 is 0 Å². The molecule has 2 heterocycles. The number of hydrogen-bond donors (Lipinski definition) is 0. The van der Waals surface area contributed by atoms with E-state index in [4.69, 9.17) is 21.7 Å². The van der Waals surface area contributed by atoms with Crippen LogP contribution >= 0.6 is 12.2 Å². The standard InChI is InChI=1S/C16H17NO4S/c1-9(7-10-5-3-4-6-11(10)22)15-14(16(19)20-2)17-12(18)8-13(17)21-15/h3-5,13-14H,6-8H2,1-2H3. The van der Waals surface area contributed by atoms with E-state index in [2.05, 4.69) is 0 Å². The minimum atomic E-state index is -0.760. The fourth-order valence-electron chi connectivity index (χ4n) is 2.93. The van der Waals surface area contributed by atoms with Gasteiger partial charge in [0.25, 0.3) is 0 Å². The number of amides is 1. The van der Waals surface area contributed by atoms with E-state index in [9.17, 15) is 9.59 Å². The van der Waals surface area contributed by atoms with Crippen molar-refractivity contribution in [3.05, 3.63) is 35.1 Å². The zero-order chi connectivity index (χ0) is 15.9. The van der Waals surface area contributed by atoms with Gasteiger partial charge in [-0.05, 0) is 24.5 Å². The number of rotatable bonds is 3. The first-order valence-electron chi connectivity index (χ1n) is 7.17. The number of carbonyl (C=O) groups excluding carboxylic acids is 2. The lowest BCUT2D eigenvalue weighted by molar-refractivity contribution is -0.164. The predicted molar refractivity (Wildman–Crippen MR) is 83.9 cm³/mol. The first kappa shape index (κ1) is 15.0. The molecule has 116 valence electrons. The van der Waals surface area contributed by atoms with Crippen LogP contribution in [0.5, 0.6) is 0 Å². The van der Waals surface area contributed by atoms with Gasteiger partial charge < -0.3 is 9.47 Å². The topological polar surface area (TPSA) is 55.8 Å². The molecule has 0 bridgehead atoms. The van der Waals surface area contributed by atoms with Gasteiger partial charge in [-0.15, -0.1) is 0 Å². The third-order valence-corrected chi connectivity index (χ3v) is 4.56. The number of allylic oxidation sites excluding steroid dienone is 5. The summed E-state index contributed by atoms with van der Waals surface area (Å²) in [6.07, 6.45) is 7.33. The van der Waals surface area contributed by atoms with Gasteiger partial charge >= 0.3 is 5.97 Å². The number of nitrogens with zero attached hydrogens (tertiary/aromatic N) is 1. The summed E-state index contributed by atoms with van der Waals surface area (Å²) in [6.45, 7) is 1.91. The summed E-state index contributed by atoms with van der Waals surface area (Å²) in [5, 5.41) is 0. The largest absolute Gasteiger partial charge is 0.471 e. The first-order chi connectivity index (χ1) is 10.5. The molecule has 2 atom stereocenters. The number of methoxy groups -OCH3 is 1. The van der Waals surface area contributed by atoms with Crippen LogP contribution in [-0.4, -0.2) is 41.0 Å². The number of β-lactam (4-membered cyclic amide) rings is 1. The van der Waals surface area contributed by atoms with Gasteiger partial charge in [-0.25, -0.2) is 4.79 Å². The van der Waals surface area contributed by atoms with Crippen molar-refractivity contribution in [2.75, 3.05) is 7.11 Å². The number of hydrogen-bond acceptors (Lipinski definition) is 5. The smallest absolute Gasteiger partial charge is 0.336 e. The first-order valence-corrected chi connectivity index (χ1v) is 7.58. The van der Waals surface area contributed by atoms with Gasteiger partial charge in [-0.2, -0.15) is 0 Å². The highest BCUT2D eigenvalue weighted by molar-refractivity contribution is 7.80. The van der Waals surface area contributed by atoms with Gasteiger partial charge in [0.2, 0.25) is 5.91 Å². The summed E-state index contributed by atoms with van der Waals surface area (Å²) in [5.41, 5.74) is 1.96. The zero-order valence-corrected chi connectivity index (χ0v) is 13.3. The Kier molecular flexibility index (Phi) is 3.87. The molecule has 0 radical (unpaired) electrons. The van der Waals surface area contributed by atoms with E-state index in [0.29, 0.717) is 18.6 Å². The van der Waals surface area contributed by atoms with Crippen LogP contribution in [-0.2, 0) is 19.1 Å². The molecule has 0 aromatic rings. The maximum Gasteiger partial charge on any atom is 0.336 e. The van der Waals surface area contributed by atoms with Gasteiger partial charge in [0.05, 0.1) is 13.5 Å². The van der Waals surface area contributed by atoms with Crippen molar-refractivity contribution >= 4 is 29.0 Å². The number of thiocarbonyl (C=S) groups is 1. The minimum Gasteiger partial charge on any atom is -0.471 e. The van der Waals surface area contributed by atoms with Gasteiger partial charge in [0.15, 0.2) is 12.3 Å². The Morgan fingerprint density at radius 3 is 2.95 bits per heavy atom. The predicted octanol–water partition coefficient (Wildman–Crippen LogP) is 2.04. The van der Waals surface area contributed by atoms with Crippen molar-refractivity contribution in [1.82, 2.24) is 4.90 Å². The van der Waals surface area contributed by atoms with Crippen LogP contribution in [0.25, 0.3) is 0 Å². The Hall–Kier alpha value is -1.95. The molecule has 0 aromatic carbocycles. The Balaban J connectivity index is 1.88. The van der Waals surface area contributed by atoms with Crippen LogP contribution in [0.4, 0.5) is 0 Å². The fraction of sp³-hybridized carbons (Fsp3) is 0.438. The Morgan fingerprint density at radius 1 is 1.55 bits per heavy atom. The second-order valence-corrected chi connectivity index (χ2v) is 6.06. The van der Waals surface area contributed by atoms with Crippen LogP contribution < -0.4 is 0 Å². The molecule has 1 aliphatic carbocycles. The third kappa shape index (κ3) is 2.37. The molecule has 0 N–H and O–H groups in total. The maximum absolute atomic E-state index is 12.0. The van der Waals surface area contributed by atoms with E-state index in [-0.39, 0.29) is 12.1 Å². The van der Waals surface area contributed by atoms with Crippen LogP contribution in [0.3, 0.4) is 0 Å². The summed E-state index contributed by atoms with van der Waals surface area (Å²) < 4.78 is 10.6. The second-order valence-electron chi connectivity index (χ2n) is 5.57. The highest BCUT2D eigenvalue weighted by Gasteiger charge is 2.54. The molecule has 22 heavy (non-hydrogen) atoms. The molecule has 0 saturated carbocycles. The van der Waals surface area contributed by atoms with Crippen molar-refractivity contribution in [2.24, 2.45) is 0 Å². The fourth-order valence-corrected chi connectivity index (χ4v) is 3.16.